The molecule has 3 aromatic carbocycles. The van der Waals surface area contributed by atoms with Crippen LogP contribution in [0.15, 0.2) is 60.7 Å². The van der Waals surface area contributed by atoms with Crippen LogP contribution in [0.4, 0.5) is 0 Å². The van der Waals surface area contributed by atoms with E-state index in [2.05, 4.69) is 9.97 Å². The van der Waals surface area contributed by atoms with Crippen LogP contribution in [-0.2, 0) is 0 Å². The van der Waals surface area contributed by atoms with Gasteiger partial charge in [-0.05, 0) is 24.3 Å². The Balaban J connectivity index is 1.77. The molecule has 0 aliphatic heterocycles. The number of nitrogens with one attached hydrogen (secondary N) is 1. The largest absolute Gasteiger partial charge is 0.496 e. The number of methoxy groups -OCH3 is 1. The molecule has 130 valence electrons. The molecule has 1 aromatic heterocycles. The number of aromatic nitrogens is 2. The van der Waals surface area contributed by atoms with Crippen molar-refractivity contribution < 1.29 is 14.3 Å². The number of hydrogen-bond donors (Lipinski definition) is 1. The second kappa shape index (κ2) is 5.64. The van der Waals surface area contributed by atoms with Gasteiger partial charge < -0.3 is 9.72 Å². The molecule has 5 nitrogen and oxygen atoms in total. The first-order valence-corrected chi connectivity index (χ1v) is 8.53. The van der Waals surface area contributed by atoms with E-state index in [0.29, 0.717) is 44.9 Å². The number of benzene rings is 3. The van der Waals surface area contributed by atoms with Gasteiger partial charge in [-0.2, -0.15) is 0 Å². The second-order valence-corrected chi connectivity index (χ2v) is 6.37. The maximum absolute atomic E-state index is 13.1. The van der Waals surface area contributed by atoms with Crippen LogP contribution in [0.1, 0.15) is 31.8 Å². The van der Waals surface area contributed by atoms with Crippen LogP contribution in [0.25, 0.3) is 22.4 Å². The number of carbonyl (C=O) groups is 2. The summed E-state index contributed by atoms with van der Waals surface area (Å²) in [4.78, 5) is 33.9. The van der Waals surface area contributed by atoms with Gasteiger partial charge in [-0.3, -0.25) is 9.59 Å². The Morgan fingerprint density at radius 2 is 1.44 bits per heavy atom. The molecule has 0 unspecified atom stereocenters. The number of nitrogens with zero attached hydrogens (tertiary/aromatic N) is 1. The van der Waals surface area contributed by atoms with Gasteiger partial charge in [0.2, 0.25) is 0 Å². The number of para-hydroxylation sites is 1. The number of ether oxygens (including phenoxy) is 1. The van der Waals surface area contributed by atoms with E-state index >= 15 is 0 Å². The smallest absolute Gasteiger partial charge is 0.196 e. The number of carbonyl (C=O) groups excluding carboxylic acids is 2. The van der Waals surface area contributed by atoms with Gasteiger partial charge in [0.15, 0.2) is 11.6 Å². The Hall–Kier alpha value is -3.73. The van der Waals surface area contributed by atoms with Crippen molar-refractivity contribution in [3.05, 3.63) is 82.9 Å². The lowest BCUT2D eigenvalue weighted by molar-refractivity contribution is 0.0980. The molecule has 0 saturated carbocycles. The molecule has 0 bridgehead atoms. The number of fused-ring (bicyclic) bond motifs is 4. The van der Waals surface area contributed by atoms with Crippen LogP contribution in [0.5, 0.6) is 5.75 Å². The minimum atomic E-state index is -0.177. The summed E-state index contributed by atoms with van der Waals surface area (Å²) in [6, 6.07) is 17.9. The van der Waals surface area contributed by atoms with Crippen molar-refractivity contribution in [2.45, 2.75) is 0 Å². The van der Waals surface area contributed by atoms with E-state index in [9.17, 15) is 9.59 Å². The number of rotatable bonds is 2. The van der Waals surface area contributed by atoms with Gasteiger partial charge in [0.1, 0.15) is 17.1 Å². The first kappa shape index (κ1) is 15.5. The van der Waals surface area contributed by atoms with Crippen molar-refractivity contribution in [1.29, 1.82) is 0 Å². The maximum Gasteiger partial charge on any atom is 0.196 e. The van der Waals surface area contributed by atoms with Gasteiger partial charge in [-0.25, -0.2) is 4.98 Å². The van der Waals surface area contributed by atoms with E-state index in [-0.39, 0.29) is 11.6 Å². The first-order chi connectivity index (χ1) is 13.2. The minimum Gasteiger partial charge on any atom is -0.496 e. The van der Waals surface area contributed by atoms with Crippen LogP contribution in [0.2, 0.25) is 0 Å². The average molecular weight is 354 g/mol. The molecule has 1 N–H and O–H groups in total. The Bertz CT molecular complexity index is 1250. The minimum absolute atomic E-state index is 0.149. The predicted molar refractivity (Wildman–Crippen MR) is 101 cm³/mol. The molecular formula is C22H14N2O3. The zero-order valence-corrected chi connectivity index (χ0v) is 14.4. The molecule has 27 heavy (non-hydrogen) atoms. The van der Waals surface area contributed by atoms with Crippen LogP contribution >= 0.6 is 0 Å². The summed E-state index contributed by atoms with van der Waals surface area (Å²) >= 11 is 0. The SMILES string of the molecule is COc1ccccc1-c1nc2c3c(ccc2[nH]1)C(=O)c1ccccc1C3=O. The zero-order valence-electron chi connectivity index (χ0n) is 14.4. The van der Waals surface area contributed by atoms with Gasteiger partial charge in [0.25, 0.3) is 0 Å². The fraction of sp³-hybridized carbons (Fsp3) is 0.0455. The van der Waals surface area contributed by atoms with Gasteiger partial charge in [0.05, 0.1) is 23.8 Å². The topological polar surface area (TPSA) is 72.0 Å². The lowest BCUT2D eigenvalue weighted by atomic mass is 9.83. The molecule has 0 radical (unpaired) electrons. The van der Waals surface area contributed by atoms with Gasteiger partial charge in [-0.1, -0.05) is 36.4 Å². The second-order valence-electron chi connectivity index (χ2n) is 6.37. The standard InChI is InChI=1S/C22H14N2O3/c1-27-17-9-5-4-8-14(17)22-23-16-11-10-15-18(19(16)24-22)21(26)13-7-3-2-6-12(13)20(15)25/h2-11H,1H3,(H,23,24). The summed E-state index contributed by atoms with van der Waals surface area (Å²) in [5, 5.41) is 0. The Kier molecular flexibility index (Phi) is 3.24. The van der Waals surface area contributed by atoms with Crippen molar-refractivity contribution in [3.63, 3.8) is 0 Å². The summed E-state index contributed by atoms with van der Waals surface area (Å²) in [6.07, 6.45) is 0. The van der Waals surface area contributed by atoms with Crippen molar-refractivity contribution in [2.75, 3.05) is 7.11 Å². The third-order valence-corrected chi connectivity index (χ3v) is 4.90. The van der Waals surface area contributed by atoms with Crippen LogP contribution in [-0.4, -0.2) is 28.6 Å². The lowest BCUT2D eigenvalue weighted by Gasteiger charge is -2.17. The normalized spacial score (nSPS) is 12.8. The highest BCUT2D eigenvalue weighted by atomic mass is 16.5. The molecule has 0 atom stereocenters. The van der Waals surface area contributed by atoms with E-state index < -0.39 is 0 Å². The molecule has 4 aromatic rings. The maximum atomic E-state index is 13.1. The number of imidazole rings is 1. The Labute approximate surface area is 154 Å². The van der Waals surface area contributed by atoms with E-state index in [0.717, 1.165) is 5.56 Å². The van der Waals surface area contributed by atoms with Crippen molar-refractivity contribution >= 4 is 22.6 Å². The Morgan fingerprint density at radius 3 is 2.19 bits per heavy atom. The highest BCUT2D eigenvalue weighted by Gasteiger charge is 2.32. The van der Waals surface area contributed by atoms with Gasteiger partial charge in [-0.15, -0.1) is 0 Å². The van der Waals surface area contributed by atoms with Crippen molar-refractivity contribution in [1.82, 2.24) is 9.97 Å². The highest BCUT2D eigenvalue weighted by molar-refractivity contribution is 6.31. The fourth-order valence-corrected chi connectivity index (χ4v) is 3.62. The van der Waals surface area contributed by atoms with E-state index in [1.165, 1.54) is 0 Å². The Morgan fingerprint density at radius 1 is 0.778 bits per heavy atom. The third-order valence-electron chi connectivity index (χ3n) is 4.90. The summed E-state index contributed by atoms with van der Waals surface area (Å²) < 4.78 is 5.41. The van der Waals surface area contributed by atoms with Crippen molar-refractivity contribution in [2.24, 2.45) is 0 Å². The monoisotopic (exact) mass is 354 g/mol. The van der Waals surface area contributed by atoms with E-state index in [4.69, 9.17) is 4.74 Å². The highest BCUT2D eigenvalue weighted by Crippen LogP contribution is 2.34. The molecular weight excluding hydrogens is 340 g/mol. The lowest BCUT2D eigenvalue weighted by Crippen LogP contribution is -2.21. The summed E-state index contributed by atoms with van der Waals surface area (Å²) in [7, 11) is 1.60. The van der Waals surface area contributed by atoms with Crippen LogP contribution < -0.4 is 4.74 Å². The van der Waals surface area contributed by atoms with E-state index in [1.807, 2.05) is 24.3 Å². The van der Waals surface area contributed by atoms with Crippen LogP contribution in [0.3, 0.4) is 0 Å². The van der Waals surface area contributed by atoms with Crippen LogP contribution in [0, 0.1) is 0 Å². The molecule has 1 aliphatic rings. The molecule has 1 heterocycles. The van der Waals surface area contributed by atoms with Gasteiger partial charge in [0, 0.05) is 16.7 Å². The number of hydrogen-bond acceptors (Lipinski definition) is 4. The quantitative estimate of drug-likeness (QED) is 0.520. The summed E-state index contributed by atoms with van der Waals surface area (Å²) in [6.45, 7) is 0. The number of aromatic amines is 1. The molecule has 1 aliphatic carbocycles. The molecule has 0 saturated heterocycles. The zero-order chi connectivity index (χ0) is 18.5. The molecule has 5 heteroatoms. The number of ketones is 2. The third kappa shape index (κ3) is 2.15. The molecule has 0 spiro atoms. The molecule has 0 fully saturated rings. The molecule has 5 rings (SSSR count). The summed E-state index contributed by atoms with van der Waals surface area (Å²) in [5.41, 5.74) is 3.61. The molecule has 0 amide bonds. The fourth-order valence-electron chi connectivity index (χ4n) is 3.62. The number of H-pyrrole nitrogens is 1. The summed E-state index contributed by atoms with van der Waals surface area (Å²) in [5.74, 6) is 0.945. The predicted octanol–water partition coefficient (Wildman–Crippen LogP) is 4.01. The average Bonchev–Trinajstić information content (AvgIpc) is 3.15. The first-order valence-electron chi connectivity index (χ1n) is 8.53. The van der Waals surface area contributed by atoms with Crippen molar-refractivity contribution in [3.8, 4) is 17.1 Å². The van der Waals surface area contributed by atoms with Gasteiger partial charge >= 0.3 is 0 Å². The van der Waals surface area contributed by atoms with E-state index in [1.54, 1.807) is 43.5 Å².